The number of fused-ring (bicyclic) bond motifs is 3. The van der Waals surface area contributed by atoms with Gasteiger partial charge in [-0.2, -0.15) is 0 Å². The molecule has 0 radical (unpaired) electrons. The van der Waals surface area contributed by atoms with Crippen molar-refractivity contribution in [3.63, 3.8) is 0 Å². The van der Waals surface area contributed by atoms with Crippen molar-refractivity contribution in [3.05, 3.63) is 60.4 Å². The van der Waals surface area contributed by atoms with Crippen LogP contribution in [0, 0.1) is 11.6 Å². The van der Waals surface area contributed by atoms with Crippen LogP contribution < -0.4 is 10.6 Å². The van der Waals surface area contributed by atoms with Gasteiger partial charge in [0.05, 0.1) is 35.7 Å². The number of imidazole rings is 1. The second-order valence-electron chi connectivity index (χ2n) is 7.25. The lowest BCUT2D eigenvalue weighted by molar-refractivity contribution is -0.162. The van der Waals surface area contributed by atoms with E-state index in [4.69, 9.17) is 9.47 Å². The Morgan fingerprint density at radius 3 is 2.90 bits per heavy atom. The van der Waals surface area contributed by atoms with E-state index >= 15 is 0 Å². The average molecular weight is 416 g/mol. The molecule has 0 unspecified atom stereocenters. The van der Waals surface area contributed by atoms with Gasteiger partial charge in [0.2, 0.25) is 0 Å². The topological polar surface area (TPSA) is 97.6 Å². The lowest BCUT2D eigenvalue weighted by Gasteiger charge is -2.39. The van der Waals surface area contributed by atoms with Crippen molar-refractivity contribution in [2.75, 3.05) is 11.9 Å². The Morgan fingerprint density at radius 1 is 1.23 bits per heavy atom. The molecule has 3 heterocycles. The number of carbonyl (C=O) groups is 1. The number of nitrogens with one attached hydrogen (secondary N) is 2. The number of aliphatic hydroxyl groups excluding tert-OH is 1. The van der Waals surface area contributed by atoms with Crippen LogP contribution in [0.5, 0.6) is 0 Å². The third-order valence-corrected chi connectivity index (χ3v) is 5.41. The summed E-state index contributed by atoms with van der Waals surface area (Å²) in [6, 6.07) is 8.02. The number of aromatic nitrogens is 2. The Hall–Kier alpha value is -3.08. The van der Waals surface area contributed by atoms with E-state index in [0.29, 0.717) is 6.07 Å². The van der Waals surface area contributed by atoms with Crippen LogP contribution in [-0.4, -0.2) is 51.8 Å². The smallest absolute Gasteiger partial charge is 0.319 e. The molecule has 2 aromatic carbocycles. The molecule has 2 aliphatic heterocycles. The quantitative estimate of drug-likeness (QED) is 0.608. The first-order valence-corrected chi connectivity index (χ1v) is 9.40. The van der Waals surface area contributed by atoms with Crippen LogP contribution in [-0.2, 0) is 9.47 Å². The summed E-state index contributed by atoms with van der Waals surface area (Å²) in [5.41, 5.74) is 1.35. The minimum absolute atomic E-state index is 0.181. The van der Waals surface area contributed by atoms with Gasteiger partial charge >= 0.3 is 6.03 Å². The first-order valence-electron chi connectivity index (χ1n) is 9.40. The largest absolute Gasteiger partial charge is 0.388 e. The van der Waals surface area contributed by atoms with E-state index in [1.807, 2.05) is 24.3 Å². The fraction of sp³-hybridized carbons (Fsp3) is 0.300. The molecule has 156 valence electrons. The number of urea groups is 1. The van der Waals surface area contributed by atoms with E-state index in [2.05, 4.69) is 15.6 Å². The number of aliphatic hydroxyl groups is 1. The first kappa shape index (κ1) is 18.9. The van der Waals surface area contributed by atoms with Crippen LogP contribution in [0.4, 0.5) is 19.3 Å². The van der Waals surface area contributed by atoms with Crippen molar-refractivity contribution >= 4 is 22.8 Å². The van der Waals surface area contributed by atoms with Crippen molar-refractivity contribution in [2.24, 2.45) is 0 Å². The number of hydrogen-bond donors (Lipinski definition) is 3. The summed E-state index contributed by atoms with van der Waals surface area (Å²) >= 11 is 0. The number of benzene rings is 2. The molecule has 3 N–H and O–H groups in total. The normalized spacial score (nSPS) is 27.9. The van der Waals surface area contributed by atoms with E-state index < -0.39 is 48.2 Å². The van der Waals surface area contributed by atoms with E-state index in [-0.39, 0.29) is 12.3 Å². The number of carbonyl (C=O) groups excluding carboxylic acids is 1. The second-order valence-corrected chi connectivity index (χ2v) is 7.25. The maximum absolute atomic E-state index is 13.8. The molecular weight excluding hydrogens is 398 g/mol. The zero-order valence-electron chi connectivity index (χ0n) is 15.5. The molecule has 2 aliphatic rings. The monoisotopic (exact) mass is 416 g/mol. The standard InChI is InChI=1S/C20H18F2N4O4/c21-10-5-6-12(11(22)7-10)24-20(28)25-16-15-8-29-19(30-15)17(18(16)27)26-9-23-13-3-1-2-4-14(13)26/h1-7,9,15-19,27H,8H2,(H2,24,25,28)/t15-,16-,17-,18+,19-/m1/s1. The van der Waals surface area contributed by atoms with Gasteiger partial charge in [0.25, 0.3) is 0 Å². The third kappa shape index (κ3) is 3.18. The van der Waals surface area contributed by atoms with Gasteiger partial charge in [-0.15, -0.1) is 0 Å². The molecule has 30 heavy (non-hydrogen) atoms. The summed E-state index contributed by atoms with van der Waals surface area (Å²) in [7, 11) is 0. The molecule has 1 aromatic heterocycles. The molecule has 10 heteroatoms. The van der Waals surface area contributed by atoms with Crippen LogP contribution in [0.25, 0.3) is 11.0 Å². The van der Waals surface area contributed by atoms with Gasteiger partial charge in [-0.05, 0) is 24.3 Å². The maximum Gasteiger partial charge on any atom is 0.319 e. The number of nitrogens with zero attached hydrogens (tertiary/aromatic N) is 2. The summed E-state index contributed by atoms with van der Waals surface area (Å²) < 4.78 is 40.2. The molecule has 5 rings (SSSR count). The SMILES string of the molecule is O=C(Nc1ccc(F)cc1F)N[C@H]1[C@H](O)[C@@H](n2cnc3ccccc32)[C@@H]2OC[C@H]1O2. The van der Waals surface area contributed by atoms with Gasteiger partial charge in [-0.1, -0.05) is 12.1 Å². The molecular formula is C20H18F2N4O4. The third-order valence-electron chi connectivity index (χ3n) is 5.41. The highest BCUT2D eigenvalue weighted by atomic mass is 19.1. The predicted molar refractivity (Wildman–Crippen MR) is 102 cm³/mol. The molecule has 8 nitrogen and oxygen atoms in total. The number of hydrogen-bond acceptors (Lipinski definition) is 5. The number of rotatable bonds is 3. The molecule has 0 saturated carbocycles. The van der Waals surface area contributed by atoms with E-state index in [1.54, 1.807) is 10.9 Å². The van der Waals surface area contributed by atoms with Crippen LogP contribution in [0.15, 0.2) is 48.8 Å². The first-order chi connectivity index (χ1) is 14.5. The molecule has 2 bridgehead atoms. The van der Waals surface area contributed by atoms with Crippen molar-refractivity contribution in [1.29, 1.82) is 0 Å². The van der Waals surface area contributed by atoms with Crippen LogP contribution in [0.1, 0.15) is 6.04 Å². The summed E-state index contributed by atoms with van der Waals surface area (Å²) in [5.74, 6) is -1.66. The fourth-order valence-electron chi connectivity index (χ4n) is 3.99. The number of halogens is 2. The fourth-order valence-corrected chi connectivity index (χ4v) is 3.99. The van der Waals surface area contributed by atoms with Crippen molar-refractivity contribution in [1.82, 2.24) is 14.9 Å². The summed E-state index contributed by atoms with van der Waals surface area (Å²) in [5, 5.41) is 16.0. The summed E-state index contributed by atoms with van der Waals surface area (Å²) in [4.78, 5) is 16.8. The van der Waals surface area contributed by atoms with Gasteiger partial charge in [0.15, 0.2) is 6.29 Å². The van der Waals surface area contributed by atoms with Gasteiger partial charge < -0.3 is 29.8 Å². The summed E-state index contributed by atoms with van der Waals surface area (Å²) in [6.45, 7) is 0.181. The highest BCUT2D eigenvalue weighted by molar-refractivity contribution is 5.89. The number of para-hydroxylation sites is 2. The molecule has 2 saturated heterocycles. The minimum Gasteiger partial charge on any atom is -0.388 e. The second kappa shape index (κ2) is 7.31. The Labute approximate surface area is 169 Å². The molecule has 2 fully saturated rings. The molecule has 5 atom stereocenters. The molecule has 2 amide bonds. The van der Waals surface area contributed by atoms with Gasteiger partial charge in [-0.25, -0.2) is 18.6 Å². The van der Waals surface area contributed by atoms with Crippen molar-refractivity contribution in [2.45, 2.75) is 30.6 Å². The average Bonchev–Trinajstić information content (AvgIpc) is 3.34. The predicted octanol–water partition coefficient (Wildman–Crippen LogP) is 2.16. The van der Waals surface area contributed by atoms with Crippen molar-refractivity contribution in [3.8, 4) is 0 Å². The Kier molecular flexibility index (Phi) is 4.61. The lowest BCUT2D eigenvalue weighted by atomic mass is 9.96. The van der Waals surface area contributed by atoms with Crippen LogP contribution in [0.3, 0.4) is 0 Å². The van der Waals surface area contributed by atoms with E-state index in [1.165, 1.54) is 0 Å². The number of anilines is 1. The van der Waals surface area contributed by atoms with Gasteiger partial charge in [0.1, 0.15) is 29.9 Å². The zero-order valence-corrected chi connectivity index (χ0v) is 15.5. The van der Waals surface area contributed by atoms with Gasteiger partial charge in [-0.3, -0.25) is 0 Å². The minimum atomic E-state index is -1.06. The van der Waals surface area contributed by atoms with Crippen LogP contribution >= 0.6 is 0 Å². The Bertz CT molecular complexity index is 1110. The van der Waals surface area contributed by atoms with E-state index in [9.17, 15) is 18.7 Å². The molecule has 0 spiro atoms. The van der Waals surface area contributed by atoms with E-state index in [0.717, 1.165) is 23.2 Å². The number of amides is 2. The summed E-state index contributed by atoms with van der Waals surface area (Å²) in [6.07, 6.45) is -0.731. The zero-order chi connectivity index (χ0) is 20.8. The maximum atomic E-state index is 13.8. The molecule has 3 aromatic rings. The Balaban J connectivity index is 1.38. The Morgan fingerprint density at radius 2 is 2.07 bits per heavy atom. The molecule has 0 aliphatic carbocycles. The van der Waals surface area contributed by atoms with Crippen LogP contribution in [0.2, 0.25) is 0 Å². The number of ether oxygens (including phenoxy) is 2. The van der Waals surface area contributed by atoms with Crippen molar-refractivity contribution < 1.29 is 28.2 Å². The highest BCUT2D eigenvalue weighted by Gasteiger charge is 2.51. The highest BCUT2D eigenvalue weighted by Crippen LogP contribution is 2.37. The van der Waals surface area contributed by atoms with Gasteiger partial charge in [0, 0.05) is 6.07 Å². The lowest BCUT2D eigenvalue weighted by Crippen LogP contribution is -2.59.